The van der Waals surface area contributed by atoms with Gasteiger partial charge in [-0.15, -0.1) is 0 Å². The maximum Gasteiger partial charge on any atom is 0.163 e. The van der Waals surface area contributed by atoms with Crippen LogP contribution < -0.4 is 20.7 Å². The second-order valence-electron chi connectivity index (χ2n) is 5.20. The lowest BCUT2D eigenvalue weighted by atomic mass is 10.1. The minimum atomic E-state index is 0.573. The number of nitrogens with zero attached hydrogens (tertiary/aromatic N) is 1. The van der Waals surface area contributed by atoms with Gasteiger partial charge in [-0.05, 0) is 38.8 Å². The average Bonchev–Trinajstić information content (AvgIpc) is 3.32. The summed E-state index contributed by atoms with van der Waals surface area (Å²) in [6, 6.07) is 5.93. The molecule has 0 spiro atoms. The number of benzene rings is 1. The summed E-state index contributed by atoms with van der Waals surface area (Å²) >= 11 is 0. The van der Waals surface area contributed by atoms with E-state index in [1.807, 2.05) is 32.0 Å². The molecule has 5 heteroatoms. The van der Waals surface area contributed by atoms with Crippen molar-refractivity contribution in [2.75, 3.05) is 18.6 Å². The lowest BCUT2D eigenvalue weighted by molar-refractivity contribution is 0.288. The molecule has 112 valence electrons. The molecule has 1 saturated carbocycles. The Bertz CT molecular complexity index is 654. The molecule has 2 aromatic rings. The van der Waals surface area contributed by atoms with Crippen molar-refractivity contribution in [2.24, 2.45) is 5.84 Å². The predicted octanol–water partition coefficient (Wildman–Crippen LogP) is 3.20. The molecule has 3 rings (SSSR count). The number of aromatic nitrogens is 1. The van der Waals surface area contributed by atoms with Gasteiger partial charge in [-0.1, -0.05) is 0 Å². The highest BCUT2D eigenvalue weighted by Gasteiger charge is 2.26. The molecule has 5 nitrogen and oxygen atoms in total. The smallest absolute Gasteiger partial charge is 0.163 e. The van der Waals surface area contributed by atoms with Crippen LogP contribution in [0.3, 0.4) is 0 Å². The summed E-state index contributed by atoms with van der Waals surface area (Å²) in [5, 5.41) is 0.953. The van der Waals surface area contributed by atoms with Gasteiger partial charge in [-0.3, -0.25) is 10.8 Å². The van der Waals surface area contributed by atoms with Gasteiger partial charge in [-0.2, -0.15) is 0 Å². The third kappa shape index (κ3) is 2.74. The SMILES string of the molecule is CCOc1cc2nc(C3CC3)cc(NN)c2cc1OCC. The number of pyridine rings is 1. The zero-order chi connectivity index (χ0) is 14.8. The van der Waals surface area contributed by atoms with Crippen LogP contribution in [-0.4, -0.2) is 18.2 Å². The number of nitrogens with two attached hydrogens (primary N) is 1. The summed E-state index contributed by atoms with van der Waals surface area (Å²) in [6.07, 6.45) is 2.41. The molecule has 0 radical (unpaired) electrons. The van der Waals surface area contributed by atoms with Crippen LogP contribution >= 0.6 is 0 Å². The van der Waals surface area contributed by atoms with E-state index in [4.69, 9.17) is 20.3 Å². The van der Waals surface area contributed by atoms with Crippen molar-refractivity contribution in [3.05, 3.63) is 23.9 Å². The fourth-order valence-corrected chi connectivity index (χ4v) is 2.50. The highest BCUT2D eigenvalue weighted by Crippen LogP contribution is 2.42. The van der Waals surface area contributed by atoms with Crippen molar-refractivity contribution >= 4 is 16.6 Å². The molecule has 0 atom stereocenters. The van der Waals surface area contributed by atoms with Crippen LogP contribution in [0.5, 0.6) is 11.5 Å². The molecule has 1 heterocycles. The number of anilines is 1. The zero-order valence-corrected chi connectivity index (χ0v) is 12.5. The van der Waals surface area contributed by atoms with Crippen LogP contribution in [0.15, 0.2) is 18.2 Å². The van der Waals surface area contributed by atoms with Crippen molar-refractivity contribution in [3.8, 4) is 11.5 Å². The summed E-state index contributed by atoms with van der Waals surface area (Å²) in [5.41, 5.74) is 5.65. The van der Waals surface area contributed by atoms with E-state index in [1.165, 1.54) is 12.8 Å². The first-order valence-corrected chi connectivity index (χ1v) is 7.47. The first-order valence-electron chi connectivity index (χ1n) is 7.47. The quantitative estimate of drug-likeness (QED) is 0.630. The van der Waals surface area contributed by atoms with Gasteiger partial charge in [0.2, 0.25) is 0 Å². The second kappa shape index (κ2) is 5.77. The molecule has 0 unspecified atom stereocenters. The standard InChI is InChI=1S/C16H21N3O2/c1-3-20-15-7-11-13(9-16(15)21-4-2)18-12(10-5-6-10)8-14(11)19-17/h7-10H,3-6,17H2,1-2H3,(H,18,19). The number of nitrogens with one attached hydrogen (secondary N) is 1. The predicted molar refractivity (Wildman–Crippen MR) is 83.9 cm³/mol. The number of rotatable bonds is 6. The summed E-state index contributed by atoms with van der Waals surface area (Å²) in [6.45, 7) is 5.09. The van der Waals surface area contributed by atoms with Crippen molar-refractivity contribution in [3.63, 3.8) is 0 Å². The fourth-order valence-electron chi connectivity index (χ4n) is 2.50. The fraction of sp³-hybridized carbons (Fsp3) is 0.438. The largest absolute Gasteiger partial charge is 0.490 e. The number of ether oxygens (including phenoxy) is 2. The molecule has 1 fully saturated rings. The maximum atomic E-state index is 5.68. The van der Waals surface area contributed by atoms with Gasteiger partial charge in [-0.25, -0.2) is 0 Å². The highest BCUT2D eigenvalue weighted by molar-refractivity contribution is 5.93. The van der Waals surface area contributed by atoms with Gasteiger partial charge in [0.15, 0.2) is 11.5 Å². The molecule has 21 heavy (non-hydrogen) atoms. The van der Waals surface area contributed by atoms with E-state index in [9.17, 15) is 0 Å². The van der Waals surface area contributed by atoms with E-state index >= 15 is 0 Å². The van der Waals surface area contributed by atoms with Gasteiger partial charge >= 0.3 is 0 Å². The Morgan fingerprint density at radius 3 is 2.38 bits per heavy atom. The summed E-state index contributed by atoms with van der Waals surface area (Å²) in [7, 11) is 0. The minimum absolute atomic E-state index is 0.573. The van der Waals surface area contributed by atoms with Crippen LogP contribution in [0, 0.1) is 0 Å². The molecule has 0 saturated heterocycles. The third-order valence-corrected chi connectivity index (χ3v) is 3.64. The van der Waals surface area contributed by atoms with Crippen LogP contribution in [0.1, 0.15) is 38.3 Å². The molecule has 1 aliphatic rings. The van der Waals surface area contributed by atoms with Gasteiger partial charge < -0.3 is 14.9 Å². The molecule has 0 bridgehead atoms. The Kier molecular flexibility index (Phi) is 3.84. The molecular weight excluding hydrogens is 266 g/mol. The minimum Gasteiger partial charge on any atom is -0.490 e. The van der Waals surface area contributed by atoms with Gasteiger partial charge in [0.25, 0.3) is 0 Å². The van der Waals surface area contributed by atoms with Gasteiger partial charge in [0.1, 0.15) is 0 Å². The number of hydrogen-bond donors (Lipinski definition) is 2. The Morgan fingerprint density at radius 2 is 1.81 bits per heavy atom. The normalized spacial score (nSPS) is 14.2. The Labute approximate surface area is 124 Å². The van der Waals surface area contributed by atoms with Crippen LogP contribution in [0.2, 0.25) is 0 Å². The van der Waals surface area contributed by atoms with E-state index in [0.29, 0.717) is 19.1 Å². The summed E-state index contributed by atoms with van der Waals surface area (Å²) in [5.74, 6) is 7.71. The van der Waals surface area contributed by atoms with Crippen molar-refractivity contribution in [1.29, 1.82) is 0 Å². The maximum absolute atomic E-state index is 5.68. The van der Waals surface area contributed by atoms with Crippen molar-refractivity contribution < 1.29 is 9.47 Å². The van der Waals surface area contributed by atoms with Gasteiger partial charge in [0, 0.05) is 23.1 Å². The first-order chi connectivity index (χ1) is 10.3. The molecule has 3 N–H and O–H groups in total. The van der Waals surface area contributed by atoms with Crippen LogP contribution in [0.4, 0.5) is 5.69 Å². The Balaban J connectivity index is 2.16. The lowest BCUT2D eigenvalue weighted by Crippen LogP contribution is -2.09. The lowest BCUT2D eigenvalue weighted by Gasteiger charge is -2.14. The van der Waals surface area contributed by atoms with Crippen LogP contribution in [0.25, 0.3) is 10.9 Å². The van der Waals surface area contributed by atoms with Gasteiger partial charge in [0.05, 0.1) is 24.4 Å². The molecule has 0 aliphatic heterocycles. The van der Waals surface area contributed by atoms with E-state index in [0.717, 1.165) is 33.8 Å². The second-order valence-corrected chi connectivity index (χ2v) is 5.20. The topological polar surface area (TPSA) is 69.4 Å². The van der Waals surface area contributed by atoms with E-state index in [2.05, 4.69) is 5.43 Å². The number of nitrogen functional groups attached to an aromatic ring is 1. The van der Waals surface area contributed by atoms with E-state index in [1.54, 1.807) is 0 Å². The van der Waals surface area contributed by atoms with E-state index < -0.39 is 0 Å². The Morgan fingerprint density at radius 1 is 1.14 bits per heavy atom. The molecule has 1 aromatic carbocycles. The van der Waals surface area contributed by atoms with E-state index in [-0.39, 0.29) is 0 Å². The summed E-state index contributed by atoms with van der Waals surface area (Å²) < 4.78 is 11.3. The number of hydrogen-bond acceptors (Lipinski definition) is 5. The number of fused-ring (bicyclic) bond motifs is 1. The average molecular weight is 287 g/mol. The highest BCUT2D eigenvalue weighted by atomic mass is 16.5. The molecular formula is C16H21N3O2. The van der Waals surface area contributed by atoms with Crippen molar-refractivity contribution in [1.82, 2.24) is 4.98 Å². The third-order valence-electron chi connectivity index (χ3n) is 3.64. The zero-order valence-electron chi connectivity index (χ0n) is 12.5. The Hall–Kier alpha value is -2.01. The van der Waals surface area contributed by atoms with Crippen LogP contribution in [-0.2, 0) is 0 Å². The molecule has 1 aromatic heterocycles. The number of hydrazine groups is 1. The molecule has 1 aliphatic carbocycles. The summed E-state index contributed by atoms with van der Waals surface area (Å²) in [4.78, 5) is 4.76. The van der Waals surface area contributed by atoms with Crippen molar-refractivity contribution in [2.45, 2.75) is 32.6 Å². The first kappa shape index (κ1) is 13.9. The monoisotopic (exact) mass is 287 g/mol. The molecule has 0 amide bonds.